The molecular formula is C17H23FN4O4S. The summed E-state index contributed by atoms with van der Waals surface area (Å²) in [6.45, 7) is 0. The molecule has 0 spiro atoms. The van der Waals surface area contributed by atoms with Crippen LogP contribution in [0.25, 0.3) is 11.1 Å². The van der Waals surface area contributed by atoms with E-state index in [-0.39, 0.29) is 23.7 Å². The van der Waals surface area contributed by atoms with Gasteiger partial charge in [0, 0.05) is 39.2 Å². The van der Waals surface area contributed by atoms with Crippen molar-refractivity contribution in [2.45, 2.75) is 31.7 Å². The normalized spacial score (nSPS) is 20.8. The first-order valence-corrected chi connectivity index (χ1v) is 10.1. The van der Waals surface area contributed by atoms with Crippen LogP contribution in [0.3, 0.4) is 0 Å². The van der Waals surface area contributed by atoms with E-state index in [1.165, 1.54) is 33.3 Å². The van der Waals surface area contributed by atoms with E-state index in [0.717, 1.165) is 8.61 Å². The quantitative estimate of drug-likeness (QED) is 0.830. The number of aromatic nitrogens is 1. The van der Waals surface area contributed by atoms with Crippen molar-refractivity contribution in [2.24, 2.45) is 5.92 Å². The zero-order chi connectivity index (χ0) is 19.8. The topological polar surface area (TPSA) is 95.8 Å². The summed E-state index contributed by atoms with van der Waals surface area (Å²) in [4.78, 5) is 16.8. The second-order valence-electron chi connectivity index (χ2n) is 6.92. The fourth-order valence-electron chi connectivity index (χ4n) is 3.24. The second-order valence-corrected chi connectivity index (χ2v) is 9.09. The van der Waals surface area contributed by atoms with Gasteiger partial charge in [-0.2, -0.15) is 17.7 Å². The van der Waals surface area contributed by atoms with E-state index in [1.54, 1.807) is 6.07 Å². The van der Waals surface area contributed by atoms with Crippen molar-refractivity contribution in [3.63, 3.8) is 0 Å². The Hall–Kier alpha value is -2.20. The highest BCUT2D eigenvalue weighted by Gasteiger charge is 2.34. The van der Waals surface area contributed by atoms with Gasteiger partial charge in [0.1, 0.15) is 11.3 Å². The van der Waals surface area contributed by atoms with Crippen LogP contribution in [-0.2, 0) is 15.0 Å². The molecule has 0 unspecified atom stereocenters. The van der Waals surface area contributed by atoms with Gasteiger partial charge in [-0.15, -0.1) is 0 Å². The Morgan fingerprint density at radius 3 is 2.52 bits per heavy atom. The number of carbonyl (C=O) groups is 1. The Bertz CT molecular complexity index is 936. The van der Waals surface area contributed by atoms with Crippen LogP contribution in [0.1, 0.15) is 25.7 Å². The van der Waals surface area contributed by atoms with E-state index < -0.39 is 10.2 Å². The van der Waals surface area contributed by atoms with Crippen LogP contribution in [0.5, 0.6) is 0 Å². The van der Waals surface area contributed by atoms with Crippen molar-refractivity contribution < 1.29 is 22.0 Å². The van der Waals surface area contributed by atoms with E-state index in [4.69, 9.17) is 4.42 Å². The molecule has 0 aliphatic heterocycles. The minimum atomic E-state index is -3.76. The third kappa shape index (κ3) is 4.06. The number of nitrogens with one attached hydrogen (secondary N) is 1. The van der Waals surface area contributed by atoms with Crippen molar-refractivity contribution in [1.29, 1.82) is 0 Å². The monoisotopic (exact) mass is 398 g/mol. The number of hydrogen-bond acceptors (Lipinski definition) is 6. The fraction of sp³-hybridized carbons (Fsp3) is 0.529. The second kappa shape index (κ2) is 7.43. The van der Waals surface area contributed by atoms with Gasteiger partial charge in [-0.1, -0.05) is 0 Å². The van der Waals surface area contributed by atoms with Crippen LogP contribution in [0.2, 0.25) is 0 Å². The van der Waals surface area contributed by atoms with Gasteiger partial charge in [0.05, 0.1) is 0 Å². The number of rotatable bonds is 5. The maximum Gasteiger partial charge on any atom is 0.305 e. The molecule has 148 valence electrons. The van der Waals surface area contributed by atoms with E-state index in [0.29, 0.717) is 42.8 Å². The average molecular weight is 398 g/mol. The van der Waals surface area contributed by atoms with Gasteiger partial charge in [-0.05, 0) is 37.8 Å². The minimum Gasteiger partial charge on any atom is -0.423 e. The van der Waals surface area contributed by atoms with Crippen LogP contribution >= 0.6 is 0 Å². The van der Waals surface area contributed by atoms with Gasteiger partial charge in [-0.25, -0.2) is 8.70 Å². The molecule has 1 aliphatic carbocycles. The molecule has 1 saturated carbocycles. The molecule has 1 fully saturated rings. The van der Waals surface area contributed by atoms with Crippen LogP contribution in [0.4, 0.5) is 10.4 Å². The van der Waals surface area contributed by atoms with Gasteiger partial charge < -0.3 is 9.73 Å². The smallest absolute Gasteiger partial charge is 0.305 e. The largest absolute Gasteiger partial charge is 0.423 e. The number of carbonyl (C=O) groups excluding carboxylic acids is 1. The van der Waals surface area contributed by atoms with Crippen LogP contribution in [0, 0.1) is 11.7 Å². The predicted octanol–water partition coefficient (Wildman–Crippen LogP) is 2.20. The van der Waals surface area contributed by atoms with Crippen molar-refractivity contribution >= 4 is 33.2 Å². The van der Waals surface area contributed by atoms with E-state index in [2.05, 4.69) is 10.3 Å². The molecule has 1 aromatic heterocycles. The van der Waals surface area contributed by atoms with Gasteiger partial charge in [-0.3, -0.25) is 4.79 Å². The zero-order valence-electron chi connectivity index (χ0n) is 15.5. The molecule has 3 rings (SSSR count). The molecule has 1 aromatic carbocycles. The summed E-state index contributed by atoms with van der Waals surface area (Å²) >= 11 is 0. The molecule has 1 aliphatic rings. The molecule has 27 heavy (non-hydrogen) atoms. The third-order valence-corrected chi connectivity index (χ3v) is 6.67. The number of hydrogen-bond donors (Lipinski definition) is 1. The lowest BCUT2D eigenvalue weighted by molar-refractivity contribution is -0.130. The third-order valence-electron chi connectivity index (χ3n) is 4.87. The number of benzene rings is 1. The molecular weight excluding hydrogens is 375 g/mol. The molecule has 1 N–H and O–H groups in total. The molecule has 8 nitrogen and oxygen atoms in total. The first-order chi connectivity index (χ1) is 12.7. The van der Waals surface area contributed by atoms with Crippen molar-refractivity contribution in [1.82, 2.24) is 13.6 Å². The summed E-state index contributed by atoms with van der Waals surface area (Å²) < 4.78 is 44.8. The highest BCUT2D eigenvalue weighted by molar-refractivity contribution is 7.87. The summed E-state index contributed by atoms with van der Waals surface area (Å²) in [5.41, 5.74) is 0.940. The van der Waals surface area contributed by atoms with Gasteiger partial charge >= 0.3 is 10.2 Å². The summed E-state index contributed by atoms with van der Waals surface area (Å²) in [5, 5.41) is 3.18. The summed E-state index contributed by atoms with van der Waals surface area (Å²) in [6, 6.07) is 4.53. The lowest BCUT2D eigenvalue weighted by Crippen LogP contribution is -2.45. The number of amides is 1. The van der Waals surface area contributed by atoms with Gasteiger partial charge in [0.2, 0.25) is 5.91 Å². The minimum absolute atomic E-state index is 0.0581. The first kappa shape index (κ1) is 19.6. The molecule has 2 aromatic rings. The van der Waals surface area contributed by atoms with Crippen molar-refractivity contribution in [3.05, 3.63) is 24.0 Å². The molecule has 1 heterocycles. The number of nitrogens with zero attached hydrogens (tertiary/aromatic N) is 3. The molecule has 10 heteroatoms. The van der Waals surface area contributed by atoms with Crippen LogP contribution < -0.4 is 5.32 Å². The zero-order valence-corrected chi connectivity index (χ0v) is 16.3. The van der Waals surface area contributed by atoms with Crippen molar-refractivity contribution in [2.75, 3.05) is 26.5 Å². The molecule has 0 saturated heterocycles. The Morgan fingerprint density at radius 2 is 1.89 bits per heavy atom. The summed E-state index contributed by atoms with van der Waals surface area (Å²) in [5.74, 6) is -1.11. The van der Waals surface area contributed by atoms with Gasteiger partial charge in [0.15, 0.2) is 5.58 Å². The standard InChI is InChI=1S/C17H23FN4O4S/c1-21(2)27(24,25)22(3)16(23)11-4-7-13(8-5-11)19-17-20-14-9-6-12(18)10-15(14)26-17/h6,9-11,13H,4-5,7-8H2,1-3H3,(H,19,20). The summed E-state index contributed by atoms with van der Waals surface area (Å²) in [6.07, 6.45) is 2.50. The van der Waals surface area contributed by atoms with Crippen LogP contribution in [0.15, 0.2) is 22.6 Å². The SMILES string of the molecule is CN(C)S(=O)(=O)N(C)C(=O)C1CCC(Nc2nc3ccc(F)cc3o2)CC1. The van der Waals surface area contributed by atoms with Gasteiger partial charge in [0.25, 0.3) is 6.01 Å². The Balaban J connectivity index is 1.59. The van der Waals surface area contributed by atoms with Crippen LogP contribution in [-0.4, -0.2) is 55.1 Å². The maximum absolute atomic E-state index is 13.2. The first-order valence-electron chi connectivity index (χ1n) is 8.71. The fourth-order valence-corrected chi connectivity index (χ4v) is 4.10. The molecule has 0 bridgehead atoms. The lowest BCUT2D eigenvalue weighted by atomic mass is 9.85. The van der Waals surface area contributed by atoms with E-state index in [1.807, 2.05) is 0 Å². The molecule has 0 radical (unpaired) electrons. The predicted molar refractivity (Wildman–Crippen MR) is 98.7 cm³/mol. The number of oxazole rings is 1. The van der Waals surface area contributed by atoms with E-state index >= 15 is 0 Å². The summed E-state index contributed by atoms with van der Waals surface area (Å²) in [7, 11) is 0.321. The lowest BCUT2D eigenvalue weighted by Gasteiger charge is -2.31. The number of halogens is 1. The van der Waals surface area contributed by atoms with E-state index in [9.17, 15) is 17.6 Å². The Kier molecular flexibility index (Phi) is 5.38. The Morgan fingerprint density at radius 1 is 1.22 bits per heavy atom. The number of fused-ring (bicyclic) bond motifs is 1. The average Bonchev–Trinajstić information content (AvgIpc) is 3.02. The number of anilines is 1. The molecule has 1 amide bonds. The highest BCUT2D eigenvalue weighted by Crippen LogP contribution is 2.29. The van der Waals surface area contributed by atoms with Crippen molar-refractivity contribution in [3.8, 4) is 0 Å². The molecule has 0 atom stereocenters. The maximum atomic E-state index is 13.2. The highest BCUT2D eigenvalue weighted by atomic mass is 32.2. The Labute approximate surface area is 157 Å².